The molecule has 0 radical (unpaired) electrons. The summed E-state index contributed by atoms with van der Waals surface area (Å²) in [5.74, 6) is 0.0952. The molecule has 0 aliphatic carbocycles. The van der Waals surface area contributed by atoms with Crippen LogP contribution in [0.25, 0.3) is 50.2 Å². The van der Waals surface area contributed by atoms with E-state index in [0.29, 0.717) is 5.65 Å². The van der Waals surface area contributed by atoms with Gasteiger partial charge in [0.05, 0.1) is 11.1 Å². The third-order valence-corrected chi connectivity index (χ3v) is 6.69. The van der Waals surface area contributed by atoms with Gasteiger partial charge in [-0.1, -0.05) is 77.1 Å². The Balaban J connectivity index is 1.71. The second kappa shape index (κ2) is 7.81. The van der Waals surface area contributed by atoms with E-state index in [0.717, 1.165) is 50.1 Å². The van der Waals surface area contributed by atoms with Gasteiger partial charge in [-0.3, -0.25) is 4.57 Å². The molecular formula is C31H29N3O. The van der Waals surface area contributed by atoms with Crippen molar-refractivity contribution in [3.8, 4) is 17.1 Å². The van der Waals surface area contributed by atoms with Crippen LogP contribution in [0, 0.1) is 0 Å². The smallest absolute Gasteiger partial charge is 0.178 e. The van der Waals surface area contributed by atoms with Crippen molar-refractivity contribution in [2.45, 2.75) is 45.9 Å². The Hall–Kier alpha value is -3.92. The van der Waals surface area contributed by atoms with Crippen molar-refractivity contribution in [1.29, 1.82) is 0 Å². The molecule has 6 rings (SSSR count). The summed E-state index contributed by atoms with van der Waals surface area (Å²) in [5, 5.41) is 2.07. The maximum atomic E-state index is 8.45. The zero-order chi connectivity index (χ0) is 25.2. The molecule has 35 heavy (non-hydrogen) atoms. The van der Waals surface area contributed by atoms with Crippen molar-refractivity contribution in [1.82, 2.24) is 14.5 Å². The molecule has 3 heterocycles. The van der Waals surface area contributed by atoms with Crippen molar-refractivity contribution in [2.24, 2.45) is 0 Å². The number of pyridine rings is 1. The first kappa shape index (κ1) is 20.5. The van der Waals surface area contributed by atoms with E-state index in [9.17, 15) is 0 Å². The molecule has 0 saturated carbocycles. The fraction of sp³-hybridized carbons (Fsp3) is 0.226. The highest BCUT2D eigenvalue weighted by Crippen LogP contribution is 2.40. The van der Waals surface area contributed by atoms with Gasteiger partial charge in [-0.15, -0.1) is 0 Å². The van der Waals surface area contributed by atoms with Crippen LogP contribution in [-0.2, 0) is 5.41 Å². The summed E-state index contributed by atoms with van der Waals surface area (Å²) in [5.41, 5.74) is 7.27. The van der Waals surface area contributed by atoms with Crippen molar-refractivity contribution in [3.63, 3.8) is 0 Å². The molecule has 0 N–H and O–H groups in total. The molecule has 0 fully saturated rings. The van der Waals surface area contributed by atoms with Crippen LogP contribution in [0.4, 0.5) is 0 Å². The van der Waals surface area contributed by atoms with Crippen LogP contribution in [0.5, 0.6) is 0 Å². The number of hydrogen-bond acceptors (Lipinski definition) is 3. The molecule has 0 unspecified atom stereocenters. The van der Waals surface area contributed by atoms with E-state index in [1.165, 1.54) is 5.56 Å². The fourth-order valence-corrected chi connectivity index (χ4v) is 4.90. The van der Waals surface area contributed by atoms with Crippen molar-refractivity contribution in [3.05, 3.63) is 90.1 Å². The van der Waals surface area contributed by atoms with Crippen molar-refractivity contribution >= 4 is 33.1 Å². The molecule has 0 aliphatic rings. The first-order valence-electron chi connectivity index (χ1n) is 12.5. The average molecular weight is 461 g/mol. The molecule has 3 aromatic carbocycles. The van der Waals surface area contributed by atoms with Gasteiger partial charge in [0.15, 0.2) is 11.5 Å². The number of hydrogen-bond donors (Lipinski definition) is 0. The number of rotatable bonds is 3. The average Bonchev–Trinajstić information content (AvgIpc) is 3.41. The van der Waals surface area contributed by atoms with E-state index in [2.05, 4.69) is 72.8 Å². The van der Waals surface area contributed by atoms with E-state index in [4.69, 9.17) is 10.8 Å². The van der Waals surface area contributed by atoms with E-state index in [-0.39, 0.29) is 5.41 Å². The van der Waals surface area contributed by atoms with Crippen LogP contribution >= 0.6 is 0 Å². The molecule has 0 aliphatic heterocycles. The minimum Gasteiger partial charge on any atom is -0.455 e. The molecule has 0 bridgehead atoms. The SMILES string of the molecule is [2H]C(C)(C)c1ccc2c(c1)oc1c(-c3nc4nccc(C(C)(C)C)c4n3-c3ccccc3)cccc12. The highest BCUT2D eigenvalue weighted by Gasteiger charge is 2.25. The normalized spacial score (nSPS) is 13.1. The molecule has 0 atom stereocenters. The van der Waals surface area contributed by atoms with Gasteiger partial charge in [-0.25, -0.2) is 9.97 Å². The lowest BCUT2D eigenvalue weighted by Crippen LogP contribution is -2.13. The Morgan fingerprint density at radius 2 is 1.71 bits per heavy atom. The van der Waals surface area contributed by atoms with Crippen LogP contribution in [0.15, 0.2) is 83.4 Å². The highest BCUT2D eigenvalue weighted by atomic mass is 16.3. The molecule has 6 aromatic rings. The summed E-state index contributed by atoms with van der Waals surface area (Å²) in [7, 11) is 0. The van der Waals surface area contributed by atoms with Crippen molar-refractivity contribution < 1.29 is 5.79 Å². The monoisotopic (exact) mass is 460 g/mol. The maximum absolute atomic E-state index is 8.45. The second-order valence-electron chi connectivity index (χ2n) is 10.4. The zero-order valence-corrected chi connectivity index (χ0v) is 20.8. The second-order valence-corrected chi connectivity index (χ2v) is 10.4. The summed E-state index contributed by atoms with van der Waals surface area (Å²) < 4.78 is 17.2. The molecule has 3 aromatic heterocycles. The maximum Gasteiger partial charge on any atom is 0.178 e. The van der Waals surface area contributed by atoms with E-state index in [1.807, 2.05) is 50.4 Å². The van der Waals surface area contributed by atoms with Gasteiger partial charge < -0.3 is 4.42 Å². The van der Waals surface area contributed by atoms with Crippen LogP contribution in [0.3, 0.4) is 0 Å². The van der Waals surface area contributed by atoms with Gasteiger partial charge in [0, 0.05) is 24.0 Å². The number of furan rings is 1. The fourth-order valence-electron chi connectivity index (χ4n) is 4.90. The largest absolute Gasteiger partial charge is 0.455 e. The molecule has 4 nitrogen and oxygen atoms in total. The molecule has 0 saturated heterocycles. The number of fused-ring (bicyclic) bond motifs is 4. The summed E-state index contributed by atoms with van der Waals surface area (Å²) in [4.78, 5) is 9.74. The lowest BCUT2D eigenvalue weighted by atomic mass is 9.87. The predicted octanol–water partition coefficient (Wildman–Crippen LogP) is 8.41. The Morgan fingerprint density at radius 3 is 2.46 bits per heavy atom. The molecule has 0 spiro atoms. The van der Waals surface area contributed by atoms with Crippen LogP contribution in [0.2, 0.25) is 0 Å². The van der Waals surface area contributed by atoms with E-state index in [1.54, 1.807) is 0 Å². The lowest BCUT2D eigenvalue weighted by molar-refractivity contribution is 0.593. The zero-order valence-electron chi connectivity index (χ0n) is 21.8. The number of benzene rings is 3. The van der Waals surface area contributed by atoms with Gasteiger partial charge in [-0.2, -0.15) is 0 Å². The first-order valence-corrected chi connectivity index (χ1v) is 12.0. The highest BCUT2D eigenvalue weighted by molar-refractivity contribution is 6.09. The molecule has 4 heteroatoms. The van der Waals surface area contributed by atoms with Crippen LogP contribution in [0.1, 0.15) is 53.0 Å². The van der Waals surface area contributed by atoms with Crippen molar-refractivity contribution in [2.75, 3.05) is 0 Å². The van der Waals surface area contributed by atoms with Gasteiger partial charge in [0.1, 0.15) is 11.2 Å². The standard InChI is InChI=1S/C31H29N3O/c1-19(2)20-14-15-22-23-12-9-13-24(28(23)35-26(22)18-20)30-33-29-27(25(16-17-32-29)31(3,4)5)34(30)21-10-7-6-8-11-21/h6-19H,1-5H3/i19D. The quantitative estimate of drug-likeness (QED) is 0.266. The summed E-state index contributed by atoms with van der Waals surface area (Å²) in [6.07, 6.45) is 1.85. The van der Waals surface area contributed by atoms with Gasteiger partial charge in [0.2, 0.25) is 0 Å². The molecule has 0 amide bonds. The molecular weight excluding hydrogens is 430 g/mol. The van der Waals surface area contributed by atoms with Gasteiger partial charge >= 0.3 is 0 Å². The van der Waals surface area contributed by atoms with E-state index >= 15 is 0 Å². The van der Waals surface area contributed by atoms with E-state index < -0.39 is 5.89 Å². The number of para-hydroxylation sites is 2. The Morgan fingerprint density at radius 1 is 0.914 bits per heavy atom. The predicted molar refractivity (Wildman–Crippen MR) is 144 cm³/mol. The number of nitrogens with zero attached hydrogens (tertiary/aromatic N) is 3. The topological polar surface area (TPSA) is 43.9 Å². The minimum absolute atomic E-state index is 0.0874. The number of aromatic nitrogens is 3. The van der Waals surface area contributed by atoms with Gasteiger partial charge in [-0.05, 0) is 52.8 Å². The van der Waals surface area contributed by atoms with Gasteiger partial charge in [0.25, 0.3) is 0 Å². The Bertz CT molecular complexity index is 1750. The Labute approximate surface area is 206 Å². The molecule has 174 valence electrons. The van der Waals surface area contributed by atoms with Crippen LogP contribution in [-0.4, -0.2) is 14.5 Å². The van der Waals surface area contributed by atoms with Crippen LogP contribution < -0.4 is 0 Å². The summed E-state index contributed by atoms with van der Waals surface area (Å²) in [6.45, 7) is 10.4. The minimum atomic E-state index is -0.702. The first-order chi connectivity index (χ1) is 17.1. The lowest BCUT2D eigenvalue weighted by Gasteiger charge is -2.21. The summed E-state index contributed by atoms with van der Waals surface area (Å²) in [6, 6.07) is 24.7. The number of imidazole rings is 1. The summed E-state index contributed by atoms with van der Waals surface area (Å²) >= 11 is 0. The third-order valence-electron chi connectivity index (χ3n) is 6.69. The Kier molecular flexibility index (Phi) is 4.56. The third kappa shape index (κ3) is 3.44.